The number of thiazole rings is 1. The molecule has 0 amide bonds. The molecule has 1 aliphatic rings. The van der Waals surface area contributed by atoms with Crippen molar-refractivity contribution in [2.45, 2.75) is 4.99 Å². The minimum atomic E-state index is -1.29. The number of aliphatic imine (C=N–C) groups is 1. The van der Waals surface area contributed by atoms with E-state index in [1.807, 2.05) is 30.3 Å². The van der Waals surface area contributed by atoms with E-state index in [0.717, 1.165) is 16.9 Å². The largest absolute Gasteiger partial charge is 0.344 e. The Hall–Kier alpha value is -2.13. The number of nitrogens with zero attached hydrogens (tertiary/aromatic N) is 5. The van der Waals surface area contributed by atoms with Crippen LogP contribution in [0.3, 0.4) is 0 Å². The zero-order chi connectivity index (χ0) is 14.2. The van der Waals surface area contributed by atoms with E-state index >= 15 is 0 Å². The third-order valence-corrected chi connectivity index (χ3v) is 4.14. The fourth-order valence-electron chi connectivity index (χ4n) is 1.61. The highest BCUT2D eigenvalue weighted by molar-refractivity contribution is 7.81. The molecule has 0 radical (unpaired) electrons. The van der Waals surface area contributed by atoms with Crippen LogP contribution in [0.5, 0.6) is 0 Å². The summed E-state index contributed by atoms with van der Waals surface area (Å²) in [7, 11) is 0. The van der Waals surface area contributed by atoms with Crippen LogP contribution in [-0.4, -0.2) is 15.7 Å². The minimum Gasteiger partial charge on any atom is -0.257 e. The van der Waals surface area contributed by atoms with E-state index in [4.69, 9.17) is 0 Å². The Morgan fingerprint density at radius 1 is 1.30 bits per heavy atom. The Labute approximate surface area is 122 Å². The van der Waals surface area contributed by atoms with Crippen molar-refractivity contribution >= 4 is 34.8 Å². The third-order valence-electron chi connectivity index (χ3n) is 2.54. The molecule has 0 N–H and O–H groups in total. The van der Waals surface area contributed by atoms with Crippen LogP contribution in [0.2, 0.25) is 0 Å². The molecule has 2 aromatic rings. The zero-order valence-corrected chi connectivity index (χ0v) is 11.6. The highest BCUT2D eigenvalue weighted by atomic mass is 32.1. The van der Waals surface area contributed by atoms with Gasteiger partial charge >= 0.3 is 5.00 Å². The standard InChI is InChI=1S/C11H7N5O2S2/c17-16(18)8-6-12-10(20-8)11(19)13-9(14-15-11)7-4-2-1-3-5-7/h1-6,19H. The molecule has 2 heterocycles. The van der Waals surface area contributed by atoms with Crippen LogP contribution in [0, 0.1) is 10.1 Å². The van der Waals surface area contributed by atoms with Gasteiger partial charge in [-0.3, -0.25) is 10.1 Å². The molecule has 100 valence electrons. The Balaban J connectivity index is 1.96. The predicted octanol–water partition coefficient (Wildman–Crippen LogP) is 3.00. The van der Waals surface area contributed by atoms with E-state index in [2.05, 4.69) is 32.8 Å². The van der Waals surface area contributed by atoms with Gasteiger partial charge in [-0.1, -0.05) is 30.3 Å². The first-order valence-corrected chi connectivity index (χ1v) is 6.76. The molecule has 1 aliphatic heterocycles. The molecule has 0 spiro atoms. The van der Waals surface area contributed by atoms with Crippen molar-refractivity contribution in [3.05, 3.63) is 57.2 Å². The number of amidine groups is 1. The van der Waals surface area contributed by atoms with Gasteiger partial charge < -0.3 is 0 Å². The van der Waals surface area contributed by atoms with E-state index in [1.54, 1.807) is 0 Å². The fraction of sp³-hybridized carbons (Fsp3) is 0.0909. The Morgan fingerprint density at radius 2 is 2.05 bits per heavy atom. The zero-order valence-electron chi connectivity index (χ0n) is 9.87. The topological polar surface area (TPSA) is 93.1 Å². The maximum absolute atomic E-state index is 10.7. The van der Waals surface area contributed by atoms with Gasteiger partial charge in [0.1, 0.15) is 6.20 Å². The summed E-state index contributed by atoms with van der Waals surface area (Å²) >= 11 is 5.23. The summed E-state index contributed by atoms with van der Waals surface area (Å²) in [5.41, 5.74) is 0.804. The number of hydrogen-bond donors (Lipinski definition) is 1. The first-order chi connectivity index (χ1) is 9.58. The van der Waals surface area contributed by atoms with Crippen molar-refractivity contribution in [2.24, 2.45) is 15.2 Å². The van der Waals surface area contributed by atoms with Crippen LogP contribution >= 0.6 is 24.0 Å². The summed E-state index contributed by atoms with van der Waals surface area (Å²) in [5, 5.41) is 18.9. The summed E-state index contributed by atoms with van der Waals surface area (Å²) < 4.78 is 0. The van der Waals surface area contributed by atoms with Gasteiger partial charge in [0.05, 0.1) is 4.92 Å². The molecule has 1 aromatic heterocycles. The van der Waals surface area contributed by atoms with Gasteiger partial charge in [0, 0.05) is 5.56 Å². The average Bonchev–Trinajstić information content (AvgIpc) is 3.07. The normalized spacial score (nSPS) is 20.9. The molecule has 0 bridgehead atoms. The Kier molecular flexibility index (Phi) is 3.07. The third kappa shape index (κ3) is 2.21. The number of benzene rings is 1. The second-order valence-corrected chi connectivity index (χ2v) is 5.53. The second-order valence-electron chi connectivity index (χ2n) is 3.90. The summed E-state index contributed by atoms with van der Waals surface area (Å²) in [4.78, 5) is 17.2. The summed E-state index contributed by atoms with van der Waals surface area (Å²) in [6, 6.07) is 9.30. The van der Waals surface area contributed by atoms with Crippen molar-refractivity contribution in [3.8, 4) is 0 Å². The first kappa shape index (κ1) is 12.9. The van der Waals surface area contributed by atoms with E-state index in [-0.39, 0.29) is 5.00 Å². The van der Waals surface area contributed by atoms with Crippen molar-refractivity contribution in [1.29, 1.82) is 0 Å². The smallest absolute Gasteiger partial charge is 0.257 e. The lowest BCUT2D eigenvalue weighted by atomic mass is 10.2. The highest BCUT2D eigenvalue weighted by Gasteiger charge is 2.37. The molecule has 0 saturated carbocycles. The number of aromatic nitrogens is 1. The van der Waals surface area contributed by atoms with Gasteiger partial charge in [0.2, 0.25) is 0 Å². The van der Waals surface area contributed by atoms with Crippen molar-refractivity contribution in [2.75, 3.05) is 0 Å². The monoisotopic (exact) mass is 305 g/mol. The van der Waals surface area contributed by atoms with E-state index in [0.29, 0.717) is 10.8 Å². The Morgan fingerprint density at radius 3 is 2.70 bits per heavy atom. The van der Waals surface area contributed by atoms with E-state index in [9.17, 15) is 10.1 Å². The fourth-order valence-corrected chi connectivity index (χ4v) is 2.66. The van der Waals surface area contributed by atoms with Gasteiger partial charge in [0.25, 0.3) is 4.99 Å². The van der Waals surface area contributed by atoms with E-state index in [1.165, 1.54) is 6.20 Å². The first-order valence-electron chi connectivity index (χ1n) is 5.50. The van der Waals surface area contributed by atoms with Gasteiger partial charge in [-0.25, -0.2) is 9.98 Å². The van der Waals surface area contributed by atoms with Gasteiger partial charge in [-0.05, 0) is 11.3 Å². The number of rotatable bonds is 3. The molecule has 0 saturated heterocycles. The van der Waals surface area contributed by atoms with Crippen LogP contribution in [0.25, 0.3) is 0 Å². The average molecular weight is 305 g/mol. The number of hydrogen-bond acceptors (Lipinski definition) is 8. The predicted molar refractivity (Wildman–Crippen MR) is 77.3 cm³/mol. The molecule has 1 aromatic carbocycles. The lowest BCUT2D eigenvalue weighted by Gasteiger charge is -2.09. The number of azo groups is 1. The van der Waals surface area contributed by atoms with Crippen LogP contribution in [0.15, 0.2) is 51.7 Å². The molecule has 20 heavy (non-hydrogen) atoms. The van der Waals surface area contributed by atoms with Crippen molar-refractivity contribution < 1.29 is 4.92 Å². The van der Waals surface area contributed by atoms with Gasteiger partial charge in [0.15, 0.2) is 10.8 Å². The van der Waals surface area contributed by atoms with Crippen molar-refractivity contribution in [1.82, 2.24) is 4.98 Å². The molecule has 7 nitrogen and oxygen atoms in total. The quantitative estimate of drug-likeness (QED) is 0.536. The van der Waals surface area contributed by atoms with E-state index < -0.39 is 9.92 Å². The van der Waals surface area contributed by atoms with Crippen LogP contribution in [0.4, 0.5) is 5.00 Å². The molecule has 1 unspecified atom stereocenters. The van der Waals surface area contributed by atoms with Crippen LogP contribution in [0.1, 0.15) is 10.6 Å². The van der Waals surface area contributed by atoms with Gasteiger partial charge in [-0.2, -0.15) is 0 Å². The summed E-state index contributed by atoms with van der Waals surface area (Å²) in [5.74, 6) is 0.429. The number of nitro groups is 1. The lowest BCUT2D eigenvalue weighted by Crippen LogP contribution is -2.09. The minimum absolute atomic E-state index is 0.0769. The SMILES string of the molecule is O=[N+]([O-])c1cnc(C2(S)N=NC(c3ccccc3)=N2)s1. The molecular weight excluding hydrogens is 298 g/mol. The second kappa shape index (κ2) is 4.76. The molecule has 3 rings (SSSR count). The van der Waals surface area contributed by atoms with Crippen LogP contribution < -0.4 is 0 Å². The van der Waals surface area contributed by atoms with Crippen LogP contribution in [-0.2, 0) is 4.99 Å². The van der Waals surface area contributed by atoms with Crippen molar-refractivity contribution in [3.63, 3.8) is 0 Å². The highest BCUT2D eigenvalue weighted by Crippen LogP contribution is 2.40. The lowest BCUT2D eigenvalue weighted by molar-refractivity contribution is -0.380. The number of thiol groups is 1. The Bertz CT molecular complexity index is 727. The molecule has 0 aliphatic carbocycles. The molecule has 1 atom stereocenters. The summed E-state index contributed by atoms with van der Waals surface area (Å²) in [6.45, 7) is 0. The molecule has 9 heteroatoms. The van der Waals surface area contributed by atoms with Gasteiger partial charge in [-0.15, -0.1) is 22.9 Å². The summed E-state index contributed by atoms with van der Waals surface area (Å²) in [6.07, 6.45) is 1.17. The molecular formula is C11H7N5O2S2. The maximum atomic E-state index is 10.7. The molecule has 0 fully saturated rings. The maximum Gasteiger partial charge on any atom is 0.344 e.